The second kappa shape index (κ2) is 7.65. The molecule has 1 aromatic heterocycles. The summed E-state index contributed by atoms with van der Waals surface area (Å²) in [6, 6.07) is 24.9. The zero-order valence-electron chi connectivity index (χ0n) is 16.5. The van der Waals surface area contributed by atoms with Gasteiger partial charge in [-0.2, -0.15) is 5.26 Å². The van der Waals surface area contributed by atoms with Crippen molar-refractivity contribution in [3.05, 3.63) is 89.6 Å². The molecular formula is C25H21N3O. The number of carbonyl (C=O) groups is 1. The molecule has 0 N–H and O–H groups in total. The normalized spacial score (nSPS) is 11.6. The average Bonchev–Trinajstić information content (AvgIpc) is 3.08. The van der Waals surface area contributed by atoms with Gasteiger partial charge in [-0.1, -0.05) is 54.6 Å². The maximum atomic E-state index is 12.3. The molecule has 1 amide bonds. The number of amides is 1. The maximum Gasteiger partial charge on any atom is 0.264 e. The predicted molar refractivity (Wildman–Crippen MR) is 117 cm³/mol. The van der Waals surface area contributed by atoms with Crippen LogP contribution < -0.4 is 0 Å². The number of para-hydroxylation sites is 1. The molecule has 0 aliphatic rings. The summed E-state index contributed by atoms with van der Waals surface area (Å²) in [7, 11) is 3.30. The van der Waals surface area contributed by atoms with Crippen LogP contribution in [0.25, 0.3) is 27.8 Å². The highest BCUT2D eigenvalue weighted by Crippen LogP contribution is 2.25. The van der Waals surface area contributed by atoms with Gasteiger partial charge in [-0.3, -0.25) is 4.79 Å². The summed E-state index contributed by atoms with van der Waals surface area (Å²) < 4.78 is 2.17. The highest BCUT2D eigenvalue weighted by molar-refractivity contribution is 6.03. The number of benzene rings is 3. The SMILES string of the molecule is CN(C)C(=O)/C(C#N)=C\c1cn(Cc2ccc3ccccc3c2)c2ccccc12. The number of carbonyl (C=O) groups excluding carboxylic acids is 1. The first-order valence-corrected chi connectivity index (χ1v) is 9.46. The molecule has 0 radical (unpaired) electrons. The van der Waals surface area contributed by atoms with Gasteiger partial charge in [-0.15, -0.1) is 0 Å². The van der Waals surface area contributed by atoms with Gasteiger partial charge in [0.05, 0.1) is 0 Å². The van der Waals surface area contributed by atoms with Crippen LogP contribution in [0.4, 0.5) is 0 Å². The van der Waals surface area contributed by atoms with E-state index in [1.807, 2.05) is 42.6 Å². The molecule has 142 valence electrons. The Kier molecular flexibility index (Phi) is 4.88. The van der Waals surface area contributed by atoms with E-state index in [9.17, 15) is 10.1 Å². The average molecular weight is 379 g/mol. The fraction of sp³-hybridized carbons (Fsp3) is 0.120. The van der Waals surface area contributed by atoms with Crippen LogP contribution in [0.5, 0.6) is 0 Å². The van der Waals surface area contributed by atoms with E-state index in [0.717, 1.165) is 16.5 Å². The third-order valence-corrected chi connectivity index (χ3v) is 5.04. The molecule has 0 bridgehead atoms. The molecule has 4 nitrogen and oxygen atoms in total. The molecule has 29 heavy (non-hydrogen) atoms. The van der Waals surface area contributed by atoms with Gasteiger partial charge in [-0.25, -0.2) is 0 Å². The summed E-state index contributed by atoms with van der Waals surface area (Å²) in [4.78, 5) is 13.7. The Labute approximate surface area is 169 Å². The van der Waals surface area contributed by atoms with Crippen molar-refractivity contribution in [2.24, 2.45) is 0 Å². The first kappa shape index (κ1) is 18.5. The van der Waals surface area contributed by atoms with Crippen LogP contribution in [0, 0.1) is 11.3 Å². The third kappa shape index (κ3) is 3.63. The number of hydrogen-bond donors (Lipinski definition) is 0. The van der Waals surface area contributed by atoms with Gasteiger partial charge in [0.25, 0.3) is 5.91 Å². The van der Waals surface area contributed by atoms with Gasteiger partial charge in [-0.05, 0) is 34.5 Å². The van der Waals surface area contributed by atoms with Crippen molar-refractivity contribution >= 4 is 33.7 Å². The topological polar surface area (TPSA) is 49.0 Å². The van der Waals surface area contributed by atoms with Crippen LogP contribution in [-0.2, 0) is 11.3 Å². The molecule has 0 aliphatic heterocycles. The quantitative estimate of drug-likeness (QED) is 0.376. The number of aromatic nitrogens is 1. The van der Waals surface area contributed by atoms with Crippen molar-refractivity contribution in [3.63, 3.8) is 0 Å². The fourth-order valence-electron chi connectivity index (χ4n) is 3.59. The maximum absolute atomic E-state index is 12.3. The minimum absolute atomic E-state index is 0.128. The van der Waals surface area contributed by atoms with Crippen molar-refractivity contribution in [1.82, 2.24) is 9.47 Å². The summed E-state index contributed by atoms with van der Waals surface area (Å²) >= 11 is 0. The zero-order valence-corrected chi connectivity index (χ0v) is 16.5. The lowest BCUT2D eigenvalue weighted by Crippen LogP contribution is -2.22. The zero-order chi connectivity index (χ0) is 20.4. The molecular weight excluding hydrogens is 358 g/mol. The van der Waals surface area contributed by atoms with Crippen LogP contribution in [0.2, 0.25) is 0 Å². The summed E-state index contributed by atoms with van der Waals surface area (Å²) in [5.74, 6) is -0.293. The van der Waals surface area contributed by atoms with Crippen molar-refractivity contribution in [3.8, 4) is 6.07 Å². The number of likely N-dealkylation sites (N-methyl/N-ethyl adjacent to an activating group) is 1. The first-order chi connectivity index (χ1) is 14.1. The molecule has 1 heterocycles. The van der Waals surface area contributed by atoms with Crippen LogP contribution >= 0.6 is 0 Å². The molecule has 0 aliphatic carbocycles. The molecule has 0 saturated heterocycles. The monoisotopic (exact) mass is 379 g/mol. The lowest BCUT2D eigenvalue weighted by Gasteiger charge is -2.08. The summed E-state index contributed by atoms with van der Waals surface area (Å²) in [5.41, 5.74) is 3.27. The number of nitriles is 1. The number of hydrogen-bond acceptors (Lipinski definition) is 2. The third-order valence-electron chi connectivity index (χ3n) is 5.04. The summed E-state index contributed by atoms with van der Waals surface area (Å²) in [6.45, 7) is 0.711. The number of rotatable bonds is 4. The van der Waals surface area contributed by atoms with E-state index in [4.69, 9.17) is 0 Å². The molecule has 0 atom stereocenters. The Balaban J connectivity index is 1.77. The Bertz CT molecular complexity index is 1290. The van der Waals surface area contributed by atoms with Gasteiger partial charge < -0.3 is 9.47 Å². The lowest BCUT2D eigenvalue weighted by molar-refractivity contribution is -0.124. The van der Waals surface area contributed by atoms with Crippen molar-refractivity contribution in [2.45, 2.75) is 6.54 Å². The van der Waals surface area contributed by atoms with Crippen molar-refractivity contribution in [2.75, 3.05) is 14.1 Å². The predicted octanol–water partition coefficient (Wildman–Crippen LogP) is 4.84. The van der Waals surface area contributed by atoms with Gasteiger partial charge >= 0.3 is 0 Å². The number of fused-ring (bicyclic) bond motifs is 2. The summed E-state index contributed by atoms with van der Waals surface area (Å²) in [6.07, 6.45) is 3.70. The molecule has 0 fully saturated rings. The van der Waals surface area contributed by atoms with E-state index in [-0.39, 0.29) is 11.5 Å². The second-order valence-electron chi connectivity index (χ2n) is 7.28. The van der Waals surface area contributed by atoms with Crippen molar-refractivity contribution < 1.29 is 4.79 Å². The molecule has 0 saturated carbocycles. The van der Waals surface area contributed by atoms with Crippen LogP contribution in [-0.4, -0.2) is 29.5 Å². The van der Waals surface area contributed by atoms with Gasteiger partial charge in [0.2, 0.25) is 0 Å². The van der Waals surface area contributed by atoms with E-state index in [1.54, 1.807) is 20.2 Å². The van der Waals surface area contributed by atoms with Crippen molar-refractivity contribution in [1.29, 1.82) is 5.26 Å². The first-order valence-electron chi connectivity index (χ1n) is 9.46. The highest BCUT2D eigenvalue weighted by Gasteiger charge is 2.14. The molecule has 0 spiro atoms. The van der Waals surface area contributed by atoms with Crippen LogP contribution in [0.1, 0.15) is 11.1 Å². The largest absolute Gasteiger partial charge is 0.344 e. The highest BCUT2D eigenvalue weighted by atomic mass is 16.2. The van der Waals surface area contributed by atoms with Gasteiger partial charge in [0, 0.05) is 43.3 Å². The molecule has 0 unspecified atom stereocenters. The Morgan fingerprint density at radius 3 is 2.52 bits per heavy atom. The Morgan fingerprint density at radius 1 is 1.03 bits per heavy atom. The molecule has 4 heteroatoms. The smallest absolute Gasteiger partial charge is 0.264 e. The molecule has 4 rings (SSSR count). The number of nitrogens with zero attached hydrogens (tertiary/aromatic N) is 3. The van der Waals surface area contributed by atoms with E-state index in [1.165, 1.54) is 21.2 Å². The Morgan fingerprint density at radius 2 is 1.76 bits per heavy atom. The van der Waals surface area contributed by atoms with Crippen LogP contribution in [0.3, 0.4) is 0 Å². The van der Waals surface area contributed by atoms with E-state index >= 15 is 0 Å². The van der Waals surface area contributed by atoms with Gasteiger partial charge in [0.15, 0.2) is 0 Å². The van der Waals surface area contributed by atoms with E-state index in [0.29, 0.717) is 6.54 Å². The fourth-order valence-corrected chi connectivity index (χ4v) is 3.59. The summed E-state index contributed by atoms with van der Waals surface area (Å²) in [5, 5.41) is 12.9. The molecule has 4 aromatic rings. The standard InChI is InChI=1S/C25H21N3O/c1-27(2)25(29)21(15-26)14-22-17-28(24-10-6-5-9-23(22)24)16-18-11-12-19-7-3-4-8-20(19)13-18/h3-14,17H,16H2,1-2H3/b21-14-. The lowest BCUT2D eigenvalue weighted by atomic mass is 10.1. The van der Waals surface area contributed by atoms with E-state index in [2.05, 4.69) is 41.0 Å². The van der Waals surface area contributed by atoms with E-state index < -0.39 is 0 Å². The Hall–Kier alpha value is -3.84. The second-order valence-corrected chi connectivity index (χ2v) is 7.28. The minimum atomic E-state index is -0.293. The van der Waals surface area contributed by atoms with Gasteiger partial charge in [0.1, 0.15) is 11.6 Å². The van der Waals surface area contributed by atoms with Crippen LogP contribution in [0.15, 0.2) is 78.5 Å². The molecule has 3 aromatic carbocycles. The minimum Gasteiger partial charge on any atom is -0.344 e.